The minimum absolute atomic E-state index is 0.0987. The second kappa shape index (κ2) is 7.51. The van der Waals surface area contributed by atoms with Gasteiger partial charge in [-0.25, -0.2) is 0 Å². The van der Waals surface area contributed by atoms with Gasteiger partial charge in [0.05, 0.1) is 0 Å². The monoisotopic (exact) mass is 342 g/mol. The lowest BCUT2D eigenvalue weighted by Gasteiger charge is -2.23. The summed E-state index contributed by atoms with van der Waals surface area (Å²) in [5, 5.41) is 0. The second-order valence-corrected chi connectivity index (χ2v) is 6.90. The van der Waals surface area contributed by atoms with Crippen molar-refractivity contribution in [1.82, 2.24) is 0 Å². The molecule has 126 valence electrons. The number of benzene rings is 2. The van der Waals surface area contributed by atoms with Gasteiger partial charge in [0, 0.05) is 41.4 Å². The van der Waals surface area contributed by atoms with Crippen molar-refractivity contribution in [2.75, 3.05) is 13.7 Å². The van der Waals surface area contributed by atoms with Crippen molar-refractivity contribution in [3.63, 3.8) is 0 Å². The van der Waals surface area contributed by atoms with Gasteiger partial charge in [0.2, 0.25) is 0 Å². The normalized spacial score (nSPS) is 16.0. The number of carbonyl (C=O) groups excluding carboxylic acids is 1. The number of ether oxygens (including phenoxy) is 2. The third-order valence-electron chi connectivity index (χ3n) is 4.39. The van der Waals surface area contributed by atoms with Crippen LogP contribution in [0.3, 0.4) is 0 Å². The largest absolute Gasteiger partial charge is 0.355 e. The number of fused-ring (bicyclic) bond motifs is 2. The molecule has 2 aromatic rings. The maximum atomic E-state index is 12.8. The molecule has 0 saturated heterocycles. The standard InChI is InChI=1S/C20H22O3S/c1-4-23-20(22-3)13(2)14-9-10-17-18(11-14)24-12-15-7-5-6-8-16(15)19(17)21/h5-11,13,20H,4,12H2,1-3H3. The van der Waals surface area contributed by atoms with Crippen molar-refractivity contribution < 1.29 is 14.3 Å². The summed E-state index contributed by atoms with van der Waals surface area (Å²) in [5.41, 5.74) is 3.82. The molecular weight excluding hydrogens is 320 g/mol. The summed E-state index contributed by atoms with van der Waals surface area (Å²) in [5.74, 6) is 1.02. The molecule has 0 N–H and O–H groups in total. The van der Waals surface area contributed by atoms with E-state index in [-0.39, 0.29) is 18.0 Å². The number of carbonyl (C=O) groups is 1. The van der Waals surface area contributed by atoms with Gasteiger partial charge < -0.3 is 9.47 Å². The first-order valence-electron chi connectivity index (χ1n) is 8.19. The van der Waals surface area contributed by atoms with E-state index in [1.54, 1.807) is 18.9 Å². The van der Waals surface area contributed by atoms with E-state index < -0.39 is 0 Å². The Bertz CT molecular complexity index is 741. The molecule has 1 aliphatic heterocycles. The average Bonchev–Trinajstić information content (AvgIpc) is 2.76. The van der Waals surface area contributed by atoms with Crippen LogP contribution in [0.1, 0.15) is 46.8 Å². The summed E-state index contributed by atoms with van der Waals surface area (Å²) in [6.45, 7) is 4.65. The number of thioether (sulfide) groups is 1. The molecule has 0 amide bonds. The van der Waals surface area contributed by atoms with Crippen molar-refractivity contribution in [1.29, 1.82) is 0 Å². The summed E-state index contributed by atoms with van der Waals surface area (Å²) in [4.78, 5) is 13.9. The molecule has 4 heteroatoms. The minimum atomic E-state index is -0.281. The number of rotatable bonds is 5. The van der Waals surface area contributed by atoms with Crippen LogP contribution in [0.5, 0.6) is 0 Å². The Balaban J connectivity index is 1.94. The van der Waals surface area contributed by atoms with E-state index >= 15 is 0 Å². The number of ketones is 1. The highest BCUT2D eigenvalue weighted by molar-refractivity contribution is 7.98. The van der Waals surface area contributed by atoms with Gasteiger partial charge in [-0.3, -0.25) is 4.79 Å². The maximum absolute atomic E-state index is 12.8. The summed E-state index contributed by atoms with van der Waals surface area (Å²) in [6.07, 6.45) is -0.281. The van der Waals surface area contributed by atoms with E-state index in [1.165, 1.54) is 0 Å². The van der Waals surface area contributed by atoms with Crippen molar-refractivity contribution in [2.24, 2.45) is 0 Å². The van der Waals surface area contributed by atoms with E-state index in [0.29, 0.717) is 6.61 Å². The predicted octanol–water partition coefficient (Wildman–Crippen LogP) is 4.64. The van der Waals surface area contributed by atoms with E-state index in [1.807, 2.05) is 43.3 Å². The first kappa shape index (κ1) is 17.2. The molecule has 24 heavy (non-hydrogen) atoms. The lowest BCUT2D eigenvalue weighted by molar-refractivity contribution is -0.132. The third kappa shape index (κ3) is 3.27. The van der Waals surface area contributed by atoms with Crippen LogP contribution < -0.4 is 0 Å². The summed E-state index contributed by atoms with van der Waals surface area (Å²) in [6, 6.07) is 13.9. The molecule has 2 atom stereocenters. The predicted molar refractivity (Wildman–Crippen MR) is 96.7 cm³/mol. The van der Waals surface area contributed by atoms with Crippen LogP contribution in [0.4, 0.5) is 0 Å². The Morgan fingerprint density at radius 3 is 2.71 bits per heavy atom. The number of hydrogen-bond acceptors (Lipinski definition) is 4. The maximum Gasteiger partial charge on any atom is 0.194 e. The molecule has 2 aromatic carbocycles. The second-order valence-electron chi connectivity index (χ2n) is 5.88. The Labute approximate surface area is 147 Å². The molecule has 0 spiro atoms. The molecule has 0 aromatic heterocycles. The van der Waals surface area contributed by atoms with Crippen LogP contribution in [0.2, 0.25) is 0 Å². The third-order valence-corrected chi connectivity index (χ3v) is 5.50. The first-order chi connectivity index (χ1) is 11.7. The average molecular weight is 342 g/mol. The molecule has 0 radical (unpaired) electrons. The molecule has 2 unspecified atom stereocenters. The fourth-order valence-corrected chi connectivity index (χ4v) is 4.13. The first-order valence-corrected chi connectivity index (χ1v) is 9.18. The van der Waals surface area contributed by atoms with Gasteiger partial charge in [0.1, 0.15) is 0 Å². The molecule has 3 nitrogen and oxygen atoms in total. The van der Waals surface area contributed by atoms with Gasteiger partial charge in [-0.15, -0.1) is 11.8 Å². The molecule has 0 aliphatic carbocycles. The van der Waals surface area contributed by atoms with Gasteiger partial charge in [0.25, 0.3) is 0 Å². The Morgan fingerprint density at radius 2 is 1.96 bits per heavy atom. The molecule has 0 bridgehead atoms. The van der Waals surface area contributed by atoms with Crippen LogP contribution in [-0.2, 0) is 15.2 Å². The number of methoxy groups -OCH3 is 1. The topological polar surface area (TPSA) is 35.5 Å². The summed E-state index contributed by atoms with van der Waals surface area (Å²) < 4.78 is 11.1. The van der Waals surface area contributed by atoms with Gasteiger partial charge >= 0.3 is 0 Å². The molecule has 0 saturated carbocycles. The summed E-state index contributed by atoms with van der Waals surface area (Å²) >= 11 is 1.72. The Morgan fingerprint density at radius 1 is 1.17 bits per heavy atom. The number of hydrogen-bond donors (Lipinski definition) is 0. The van der Waals surface area contributed by atoms with Crippen molar-refractivity contribution in [2.45, 2.75) is 36.7 Å². The van der Waals surface area contributed by atoms with Gasteiger partial charge in [-0.1, -0.05) is 37.3 Å². The Hall–Kier alpha value is -1.62. The Kier molecular flexibility index (Phi) is 5.39. The highest BCUT2D eigenvalue weighted by atomic mass is 32.2. The van der Waals surface area contributed by atoms with Gasteiger partial charge in [-0.05, 0) is 30.2 Å². The van der Waals surface area contributed by atoms with E-state index in [9.17, 15) is 4.79 Å². The van der Waals surface area contributed by atoms with Crippen LogP contribution in [0.15, 0.2) is 47.4 Å². The van der Waals surface area contributed by atoms with Crippen LogP contribution in [-0.4, -0.2) is 25.8 Å². The lowest BCUT2D eigenvalue weighted by atomic mass is 9.95. The van der Waals surface area contributed by atoms with Gasteiger partial charge in [-0.2, -0.15) is 0 Å². The van der Waals surface area contributed by atoms with E-state index in [0.717, 1.165) is 32.9 Å². The molecule has 0 fully saturated rings. The quantitative estimate of drug-likeness (QED) is 0.742. The zero-order valence-electron chi connectivity index (χ0n) is 14.2. The molecule has 3 rings (SSSR count). The highest BCUT2D eigenvalue weighted by Crippen LogP contribution is 2.36. The fraction of sp³-hybridized carbons (Fsp3) is 0.350. The van der Waals surface area contributed by atoms with Crippen LogP contribution in [0, 0.1) is 0 Å². The van der Waals surface area contributed by atoms with E-state index in [4.69, 9.17) is 9.47 Å². The van der Waals surface area contributed by atoms with Crippen molar-refractivity contribution in [3.8, 4) is 0 Å². The lowest BCUT2D eigenvalue weighted by Crippen LogP contribution is -2.22. The minimum Gasteiger partial charge on any atom is -0.355 e. The highest BCUT2D eigenvalue weighted by Gasteiger charge is 2.24. The zero-order valence-corrected chi connectivity index (χ0v) is 15.1. The van der Waals surface area contributed by atoms with E-state index in [2.05, 4.69) is 13.0 Å². The zero-order chi connectivity index (χ0) is 17.1. The molecule has 1 aliphatic rings. The fourth-order valence-electron chi connectivity index (χ4n) is 3.04. The van der Waals surface area contributed by atoms with Crippen molar-refractivity contribution in [3.05, 3.63) is 64.7 Å². The van der Waals surface area contributed by atoms with Gasteiger partial charge in [0.15, 0.2) is 12.1 Å². The SMILES string of the molecule is CCOC(OC)C(C)c1ccc2c(c1)SCc1ccccc1C2=O. The summed E-state index contributed by atoms with van der Waals surface area (Å²) in [7, 11) is 1.66. The molecular formula is C20H22O3S. The van der Waals surface area contributed by atoms with Crippen LogP contribution in [0.25, 0.3) is 0 Å². The van der Waals surface area contributed by atoms with Crippen LogP contribution >= 0.6 is 11.8 Å². The van der Waals surface area contributed by atoms with Crippen molar-refractivity contribution >= 4 is 17.5 Å². The smallest absolute Gasteiger partial charge is 0.194 e. The molecule has 1 heterocycles.